The summed E-state index contributed by atoms with van der Waals surface area (Å²) in [6.07, 6.45) is -0.727. The van der Waals surface area contributed by atoms with E-state index in [1.807, 2.05) is 26.0 Å². The molecule has 4 aromatic carbocycles. The Hall–Kier alpha value is -6.15. The lowest BCUT2D eigenvalue weighted by Crippen LogP contribution is -2.57. The fraction of sp³-hybridized carbons (Fsp3) is 0.356. The Morgan fingerprint density at radius 2 is 1.15 bits per heavy atom. The number of nitrogens with one attached hydrogen (secondary N) is 3. The quantitative estimate of drug-likeness (QED) is 0.150. The molecule has 0 saturated heterocycles. The van der Waals surface area contributed by atoms with Crippen LogP contribution in [0.2, 0.25) is 0 Å². The number of alkyl carbamates (subject to hydrolysis) is 1. The fourth-order valence-electron chi connectivity index (χ4n) is 6.83. The minimum Gasteiger partial charge on any atom is -0.444 e. The van der Waals surface area contributed by atoms with Crippen molar-refractivity contribution in [3.8, 4) is 22.3 Å². The number of carbonyl (C=O) groups is 5. The highest BCUT2D eigenvalue weighted by Crippen LogP contribution is 2.42. The lowest BCUT2D eigenvalue weighted by molar-refractivity contribution is -0.128. The summed E-state index contributed by atoms with van der Waals surface area (Å²) in [5.41, 5.74) is 15.5. The number of anilines is 2. The lowest BCUT2D eigenvalue weighted by Gasteiger charge is -2.29. The first kappa shape index (κ1) is 44.0. The van der Waals surface area contributed by atoms with Gasteiger partial charge in [0, 0.05) is 11.1 Å². The number of halogens is 2. The zero-order valence-corrected chi connectivity index (χ0v) is 34.7. The summed E-state index contributed by atoms with van der Waals surface area (Å²) in [4.78, 5) is 64.4. The average Bonchev–Trinajstić information content (AvgIpc) is 3.31. The molecular weight excluding hydrogens is 759 g/mol. The van der Waals surface area contributed by atoms with Gasteiger partial charge in [-0.25, -0.2) is 23.6 Å². The Morgan fingerprint density at radius 3 is 1.69 bits per heavy atom. The number of carbonyl (C=O) groups excluding carboxylic acids is 5. The molecule has 4 atom stereocenters. The zero-order chi connectivity index (χ0) is 43.5. The minimum atomic E-state index is -0.946. The van der Waals surface area contributed by atoms with Crippen LogP contribution in [0.3, 0.4) is 0 Å². The van der Waals surface area contributed by atoms with E-state index in [9.17, 15) is 32.8 Å². The molecule has 0 aliphatic carbocycles. The Bertz CT molecular complexity index is 2260. The standard InChI is InChI=1S/C25H30FN3O4.C20H22FN3O2/c1-14(2)21(27-24(32)33-25(4,5)6)22(30)28-29-20-10-8-7-9-18(20)19-13-16(26)11-12-17(19)15(3)23(29)31;1-11(2)18(22)19(25)23-24-17-7-5-4-6-15(17)14-9-8-13(21)10-16(14)12(3)20(24)26/h7-15,21H,1-6H3,(H,27,32)(H,28,30);4-12,18H,22H2,1-3H3,(H,23,25)/t15?,21-;12?,18-/m00/s1. The van der Waals surface area contributed by atoms with Crippen molar-refractivity contribution in [2.24, 2.45) is 17.6 Å². The van der Waals surface area contributed by atoms with Gasteiger partial charge in [0.05, 0.1) is 29.3 Å². The molecule has 59 heavy (non-hydrogen) atoms. The number of ether oxygens (including phenoxy) is 1. The van der Waals surface area contributed by atoms with Gasteiger partial charge in [0.1, 0.15) is 23.3 Å². The van der Waals surface area contributed by atoms with Gasteiger partial charge in [-0.1, -0.05) is 76.2 Å². The molecule has 0 saturated carbocycles. The van der Waals surface area contributed by atoms with Gasteiger partial charge in [-0.3, -0.25) is 30.0 Å². The van der Waals surface area contributed by atoms with Crippen LogP contribution in [0.1, 0.15) is 85.3 Å². The number of benzene rings is 4. The summed E-state index contributed by atoms with van der Waals surface area (Å²) in [6, 6.07) is 21.2. The molecule has 0 bridgehead atoms. The first-order valence-corrected chi connectivity index (χ1v) is 19.5. The van der Waals surface area contributed by atoms with Crippen molar-refractivity contribution in [2.45, 2.75) is 91.8 Å². The molecule has 0 aromatic heterocycles. The van der Waals surface area contributed by atoms with Crippen molar-refractivity contribution in [3.05, 3.63) is 108 Å². The van der Waals surface area contributed by atoms with E-state index < -0.39 is 59.1 Å². The van der Waals surface area contributed by atoms with Gasteiger partial charge in [-0.2, -0.15) is 0 Å². The maximum atomic E-state index is 14.1. The third-order valence-electron chi connectivity index (χ3n) is 10.1. The second kappa shape index (κ2) is 17.8. The predicted molar refractivity (Wildman–Crippen MR) is 223 cm³/mol. The van der Waals surface area contributed by atoms with E-state index in [1.165, 1.54) is 34.3 Å². The van der Waals surface area contributed by atoms with Crippen LogP contribution in [0.5, 0.6) is 0 Å². The van der Waals surface area contributed by atoms with Crippen LogP contribution >= 0.6 is 0 Å². The summed E-state index contributed by atoms with van der Waals surface area (Å²) in [5.74, 6) is -4.15. The molecule has 14 heteroatoms. The van der Waals surface area contributed by atoms with Crippen LogP contribution in [-0.2, 0) is 23.9 Å². The summed E-state index contributed by atoms with van der Waals surface area (Å²) >= 11 is 0. The van der Waals surface area contributed by atoms with Gasteiger partial charge in [-0.15, -0.1) is 0 Å². The Balaban J connectivity index is 0.000000230. The van der Waals surface area contributed by atoms with Gasteiger partial charge in [0.2, 0.25) is 0 Å². The summed E-state index contributed by atoms with van der Waals surface area (Å²) < 4.78 is 33.1. The number of nitrogens with two attached hydrogens (primary N) is 1. The van der Waals surface area contributed by atoms with Crippen molar-refractivity contribution in [1.29, 1.82) is 0 Å². The molecule has 0 spiro atoms. The van der Waals surface area contributed by atoms with Crippen molar-refractivity contribution in [1.82, 2.24) is 16.2 Å². The minimum absolute atomic E-state index is 0.0731. The van der Waals surface area contributed by atoms with Crippen LogP contribution in [0.4, 0.5) is 25.0 Å². The molecule has 2 heterocycles. The van der Waals surface area contributed by atoms with Gasteiger partial charge in [-0.05, 0) is 105 Å². The number of rotatable bonds is 7. The maximum Gasteiger partial charge on any atom is 0.408 e. The van der Waals surface area contributed by atoms with Crippen LogP contribution in [0.15, 0.2) is 84.9 Å². The van der Waals surface area contributed by atoms with Gasteiger partial charge >= 0.3 is 6.09 Å². The second-order valence-electron chi connectivity index (χ2n) is 16.4. The first-order valence-electron chi connectivity index (χ1n) is 19.5. The normalized spacial score (nSPS) is 16.8. The number of amides is 5. The highest BCUT2D eigenvalue weighted by molar-refractivity contribution is 6.08. The SMILES string of the molecule is CC1C(=O)N(NC(=O)[C@@H](N)C(C)C)c2ccccc2-c2ccc(F)cc21.CC1C(=O)N(NC(=O)[C@@H](NC(=O)OC(C)(C)C)C(C)C)c2ccccc2-c2cc(F)ccc21. The molecule has 2 aliphatic heterocycles. The first-order chi connectivity index (χ1) is 27.7. The molecule has 5 N–H and O–H groups in total. The van der Waals surface area contributed by atoms with Crippen molar-refractivity contribution >= 4 is 41.1 Å². The van der Waals surface area contributed by atoms with Crippen LogP contribution < -0.4 is 31.9 Å². The van der Waals surface area contributed by atoms with Crippen LogP contribution in [0.25, 0.3) is 22.3 Å². The third-order valence-corrected chi connectivity index (χ3v) is 10.1. The molecule has 312 valence electrons. The maximum absolute atomic E-state index is 14.1. The van der Waals surface area contributed by atoms with Gasteiger partial charge in [0.15, 0.2) is 0 Å². The zero-order valence-electron chi connectivity index (χ0n) is 34.7. The van der Waals surface area contributed by atoms with Crippen LogP contribution in [0, 0.1) is 23.5 Å². The molecule has 4 aromatic rings. The third kappa shape index (κ3) is 9.77. The number of hydrogen-bond donors (Lipinski definition) is 4. The second-order valence-corrected chi connectivity index (χ2v) is 16.4. The van der Waals surface area contributed by atoms with Crippen molar-refractivity contribution < 1.29 is 37.5 Å². The van der Waals surface area contributed by atoms with E-state index in [4.69, 9.17) is 10.5 Å². The van der Waals surface area contributed by atoms with E-state index in [0.29, 0.717) is 33.6 Å². The summed E-state index contributed by atoms with van der Waals surface area (Å²) in [7, 11) is 0. The van der Waals surface area contributed by atoms with Crippen molar-refractivity contribution in [2.75, 3.05) is 10.0 Å². The lowest BCUT2D eigenvalue weighted by atomic mass is 9.92. The Kier molecular flexibility index (Phi) is 13.2. The number of para-hydroxylation sites is 2. The summed E-state index contributed by atoms with van der Waals surface area (Å²) in [6.45, 7) is 15.8. The molecule has 2 aliphatic rings. The number of hydrogen-bond acceptors (Lipinski definition) is 7. The van der Waals surface area contributed by atoms with Crippen LogP contribution in [-0.4, -0.2) is 47.4 Å². The molecule has 5 amide bonds. The molecule has 0 fully saturated rings. The van der Waals surface area contributed by atoms with E-state index in [1.54, 1.807) is 97.0 Å². The number of nitrogens with zero attached hydrogens (tertiary/aromatic N) is 2. The monoisotopic (exact) mass is 810 g/mol. The average molecular weight is 811 g/mol. The molecular formula is C45H52F2N6O6. The number of hydrazine groups is 2. The fourth-order valence-corrected chi connectivity index (χ4v) is 6.83. The van der Waals surface area contributed by atoms with E-state index >= 15 is 0 Å². The largest absolute Gasteiger partial charge is 0.444 e. The van der Waals surface area contributed by atoms with E-state index in [2.05, 4.69) is 16.2 Å². The predicted octanol–water partition coefficient (Wildman–Crippen LogP) is 7.48. The Labute approximate surface area is 343 Å². The number of fused-ring (bicyclic) bond motifs is 6. The van der Waals surface area contributed by atoms with E-state index in [0.717, 1.165) is 11.1 Å². The Morgan fingerprint density at radius 1 is 0.661 bits per heavy atom. The molecule has 2 unspecified atom stereocenters. The van der Waals surface area contributed by atoms with Crippen molar-refractivity contribution in [3.63, 3.8) is 0 Å². The molecule has 6 rings (SSSR count). The molecule has 0 radical (unpaired) electrons. The van der Waals surface area contributed by atoms with E-state index in [-0.39, 0.29) is 23.7 Å². The highest BCUT2D eigenvalue weighted by atomic mass is 19.1. The van der Waals surface area contributed by atoms with Gasteiger partial charge in [0.25, 0.3) is 23.6 Å². The highest BCUT2D eigenvalue weighted by Gasteiger charge is 2.36. The smallest absolute Gasteiger partial charge is 0.408 e. The van der Waals surface area contributed by atoms with Gasteiger partial charge < -0.3 is 15.8 Å². The topological polar surface area (TPSA) is 163 Å². The molecule has 12 nitrogen and oxygen atoms in total. The summed E-state index contributed by atoms with van der Waals surface area (Å²) in [5, 5.41) is 5.02.